The van der Waals surface area contributed by atoms with Gasteiger partial charge in [0.25, 0.3) is 0 Å². The van der Waals surface area contributed by atoms with Crippen molar-refractivity contribution in [2.45, 2.75) is 51.3 Å². The van der Waals surface area contributed by atoms with E-state index in [-0.39, 0.29) is 18.1 Å². The standard InChI is InChI=1S/C20H33N3O2/c1-5-19(24)18-8-6-7-13-23(18)15-20(25)22(4)14-16-9-11-17(12-10-16)21(2)3/h9-12,18-19,24H,5-8,13-15H2,1-4H3. The van der Waals surface area contributed by atoms with E-state index in [4.69, 9.17) is 0 Å². The van der Waals surface area contributed by atoms with Crippen LogP contribution in [0.5, 0.6) is 0 Å². The number of likely N-dealkylation sites (N-methyl/N-ethyl adjacent to an activating group) is 1. The van der Waals surface area contributed by atoms with Gasteiger partial charge in [0.05, 0.1) is 12.6 Å². The summed E-state index contributed by atoms with van der Waals surface area (Å²) in [5, 5.41) is 10.2. The van der Waals surface area contributed by atoms with Crippen LogP contribution in [0.1, 0.15) is 38.2 Å². The number of carbonyl (C=O) groups is 1. The van der Waals surface area contributed by atoms with Gasteiger partial charge in [0.15, 0.2) is 0 Å². The third kappa shape index (κ3) is 5.44. The summed E-state index contributed by atoms with van der Waals surface area (Å²) >= 11 is 0. The number of nitrogens with zero attached hydrogens (tertiary/aromatic N) is 3. The van der Waals surface area contributed by atoms with Crippen molar-refractivity contribution >= 4 is 11.6 Å². The highest BCUT2D eigenvalue weighted by Crippen LogP contribution is 2.21. The number of hydrogen-bond acceptors (Lipinski definition) is 4. The van der Waals surface area contributed by atoms with E-state index in [0.717, 1.165) is 43.5 Å². The van der Waals surface area contributed by atoms with Gasteiger partial charge in [0, 0.05) is 39.4 Å². The highest BCUT2D eigenvalue weighted by Gasteiger charge is 2.29. The van der Waals surface area contributed by atoms with Crippen molar-refractivity contribution in [1.29, 1.82) is 0 Å². The molecule has 1 aromatic rings. The molecule has 1 N–H and O–H groups in total. The Labute approximate surface area is 152 Å². The SMILES string of the molecule is CCC(O)C1CCCCN1CC(=O)N(C)Cc1ccc(N(C)C)cc1. The molecule has 25 heavy (non-hydrogen) atoms. The van der Waals surface area contributed by atoms with E-state index in [1.807, 2.05) is 28.1 Å². The first-order valence-electron chi connectivity index (χ1n) is 9.34. The molecule has 1 fully saturated rings. The van der Waals surface area contributed by atoms with E-state index in [1.165, 1.54) is 0 Å². The minimum absolute atomic E-state index is 0.117. The lowest BCUT2D eigenvalue weighted by Crippen LogP contribution is -2.50. The maximum absolute atomic E-state index is 12.6. The maximum atomic E-state index is 12.6. The molecular weight excluding hydrogens is 314 g/mol. The van der Waals surface area contributed by atoms with Gasteiger partial charge in [0.1, 0.15) is 0 Å². The molecule has 1 saturated heterocycles. The Morgan fingerprint density at radius 3 is 2.52 bits per heavy atom. The molecule has 1 amide bonds. The van der Waals surface area contributed by atoms with Gasteiger partial charge >= 0.3 is 0 Å². The maximum Gasteiger partial charge on any atom is 0.236 e. The van der Waals surface area contributed by atoms with Crippen LogP contribution in [0.25, 0.3) is 0 Å². The van der Waals surface area contributed by atoms with Crippen molar-refractivity contribution < 1.29 is 9.90 Å². The number of likely N-dealkylation sites (tertiary alicyclic amines) is 1. The van der Waals surface area contributed by atoms with Gasteiger partial charge in [-0.25, -0.2) is 0 Å². The van der Waals surface area contributed by atoms with Gasteiger partial charge in [-0.2, -0.15) is 0 Å². The molecule has 2 rings (SSSR count). The average molecular weight is 348 g/mol. The summed E-state index contributed by atoms with van der Waals surface area (Å²) < 4.78 is 0. The van der Waals surface area contributed by atoms with Crippen LogP contribution in [0.2, 0.25) is 0 Å². The normalized spacial score (nSPS) is 19.5. The van der Waals surface area contributed by atoms with Gasteiger partial charge in [-0.3, -0.25) is 9.69 Å². The van der Waals surface area contributed by atoms with Crippen LogP contribution < -0.4 is 4.90 Å². The Hall–Kier alpha value is -1.59. The van der Waals surface area contributed by atoms with E-state index < -0.39 is 0 Å². The van der Waals surface area contributed by atoms with Crippen molar-refractivity contribution in [2.75, 3.05) is 39.1 Å². The average Bonchev–Trinajstić information content (AvgIpc) is 2.61. The van der Waals surface area contributed by atoms with E-state index in [2.05, 4.69) is 34.1 Å². The van der Waals surface area contributed by atoms with Gasteiger partial charge in [-0.05, 0) is 43.5 Å². The van der Waals surface area contributed by atoms with Gasteiger partial charge in [-0.15, -0.1) is 0 Å². The first-order chi connectivity index (χ1) is 11.9. The lowest BCUT2D eigenvalue weighted by molar-refractivity contribution is -0.133. The highest BCUT2D eigenvalue weighted by atomic mass is 16.3. The Balaban J connectivity index is 1.92. The van der Waals surface area contributed by atoms with Crippen molar-refractivity contribution in [3.63, 3.8) is 0 Å². The van der Waals surface area contributed by atoms with Crippen molar-refractivity contribution in [3.05, 3.63) is 29.8 Å². The van der Waals surface area contributed by atoms with Gasteiger partial charge in [0.2, 0.25) is 5.91 Å². The van der Waals surface area contributed by atoms with Gasteiger partial charge in [-0.1, -0.05) is 25.5 Å². The third-order valence-electron chi connectivity index (χ3n) is 5.16. The zero-order valence-electron chi connectivity index (χ0n) is 16.1. The van der Waals surface area contributed by atoms with Gasteiger partial charge < -0.3 is 14.9 Å². The molecule has 0 saturated carbocycles. The Kier molecular flexibility index (Phi) is 7.26. The third-order valence-corrected chi connectivity index (χ3v) is 5.16. The first kappa shape index (κ1) is 19.7. The molecule has 5 nitrogen and oxygen atoms in total. The van der Waals surface area contributed by atoms with Crippen LogP contribution in [-0.4, -0.2) is 67.2 Å². The van der Waals surface area contributed by atoms with Crippen LogP contribution in [-0.2, 0) is 11.3 Å². The number of piperidine rings is 1. The van der Waals surface area contributed by atoms with E-state index in [0.29, 0.717) is 13.1 Å². The molecule has 0 aliphatic carbocycles. The molecule has 1 heterocycles. The molecule has 1 aliphatic rings. The monoisotopic (exact) mass is 347 g/mol. The van der Waals surface area contributed by atoms with Crippen molar-refractivity contribution in [3.8, 4) is 0 Å². The van der Waals surface area contributed by atoms with Crippen molar-refractivity contribution in [1.82, 2.24) is 9.80 Å². The molecule has 5 heteroatoms. The summed E-state index contributed by atoms with van der Waals surface area (Å²) in [5.74, 6) is 0.117. The van der Waals surface area contributed by atoms with Crippen LogP contribution in [0.3, 0.4) is 0 Å². The summed E-state index contributed by atoms with van der Waals surface area (Å²) in [6.07, 6.45) is 3.63. The van der Waals surface area contributed by atoms with Crippen LogP contribution >= 0.6 is 0 Å². The molecule has 1 aliphatic heterocycles. The zero-order valence-corrected chi connectivity index (χ0v) is 16.1. The lowest BCUT2D eigenvalue weighted by Gasteiger charge is -2.38. The quantitative estimate of drug-likeness (QED) is 0.822. The number of aliphatic hydroxyl groups excluding tert-OH is 1. The largest absolute Gasteiger partial charge is 0.392 e. The highest BCUT2D eigenvalue weighted by molar-refractivity contribution is 5.78. The number of aliphatic hydroxyl groups is 1. The minimum Gasteiger partial charge on any atom is -0.392 e. The molecular formula is C20H33N3O2. The number of amides is 1. The topological polar surface area (TPSA) is 47.0 Å². The van der Waals surface area contributed by atoms with Crippen LogP contribution in [0, 0.1) is 0 Å². The number of carbonyl (C=O) groups excluding carboxylic acids is 1. The number of benzene rings is 1. The molecule has 0 aromatic heterocycles. The second-order valence-corrected chi connectivity index (χ2v) is 7.32. The summed E-state index contributed by atoms with van der Waals surface area (Å²) in [6.45, 7) is 3.91. The van der Waals surface area contributed by atoms with E-state index in [1.54, 1.807) is 4.90 Å². The fraction of sp³-hybridized carbons (Fsp3) is 0.650. The number of hydrogen-bond donors (Lipinski definition) is 1. The molecule has 0 radical (unpaired) electrons. The summed E-state index contributed by atoms with van der Waals surface area (Å²) in [4.78, 5) is 18.7. The summed E-state index contributed by atoms with van der Waals surface area (Å²) in [6, 6.07) is 8.42. The molecule has 2 unspecified atom stereocenters. The molecule has 0 spiro atoms. The molecule has 140 valence electrons. The van der Waals surface area contributed by atoms with Crippen LogP contribution in [0.15, 0.2) is 24.3 Å². The Morgan fingerprint density at radius 1 is 1.24 bits per heavy atom. The predicted molar refractivity (Wildman–Crippen MR) is 103 cm³/mol. The molecule has 0 bridgehead atoms. The number of rotatable bonds is 7. The second-order valence-electron chi connectivity index (χ2n) is 7.32. The van der Waals surface area contributed by atoms with Crippen LogP contribution in [0.4, 0.5) is 5.69 Å². The fourth-order valence-electron chi connectivity index (χ4n) is 3.48. The van der Waals surface area contributed by atoms with E-state index >= 15 is 0 Å². The lowest BCUT2D eigenvalue weighted by atomic mass is 9.96. The Bertz CT molecular complexity index is 544. The minimum atomic E-state index is -0.336. The smallest absolute Gasteiger partial charge is 0.236 e. The molecule has 1 aromatic carbocycles. The molecule has 2 atom stereocenters. The summed E-state index contributed by atoms with van der Waals surface area (Å²) in [5.41, 5.74) is 2.28. The Morgan fingerprint density at radius 2 is 1.92 bits per heavy atom. The fourth-order valence-corrected chi connectivity index (χ4v) is 3.48. The van der Waals surface area contributed by atoms with E-state index in [9.17, 15) is 9.90 Å². The number of anilines is 1. The first-order valence-corrected chi connectivity index (χ1v) is 9.34. The zero-order chi connectivity index (χ0) is 18.4. The summed E-state index contributed by atoms with van der Waals surface area (Å²) in [7, 11) is 5.90. The second kappa shape index (κ2) is 9.20. The predicted octanol–water partition coefficient (Wildman–Crippen LogP) is 2.34. The van der Waals surface area contributed by atoms with Crippen molar-refractivity contribution in [2.24, 2.45) is 0 Å².